The average Bonchev–Trinajstić information content (AvgIpc) is 3.32. The molecule has 0 aliphatic carbocycles. The van der Waals surface area contributed by atoms with Crippen molar-refractivity contribution >= 4 is 11.9 Å². The lowest BCUT2D eigenvalue weighted by Crippen LogP contribution is -2.61. The number of aliphatic hydroxyl groups is 5. The zero-order valence-corrected chi connectivity index (χ0v) is 42.2. The molecule has 0 aromatic heterocycles. The molecule has 386 valence electrons. The molecule has 6 N–H and O–H groups in total. The van der Waals surface area contributed by atoms with Crippen molar-refractivity contribution in [3.63, 3.8) is 0 Å². The van der Waals surface area contributed by atoms with Crippen molar-refractivity contribution in [3.8, 4) is 0 Å². The van der Waals surface area contributed by atoms with Crippen LogP contribution in [-0.2, 0) is 23.8 Å². The molecule has 1 fully saturated rings. The van der Waals surface area contributed by atoms with E-state index in [1.54, 1.807) is 6.08 Å². The number of unbranched alkanes of at least 4 members (excludes halogenated alkanes) is 21. The quantitative estimate of drug-likeness (QED) is 0.0149. The predicted molar refractivity (Wildman–Crippen MR) is 273 cm³/mol. The summed E-state index contributed by atoms with van der Waals surface area (Å²) in [6.45, 7) is 5.49. The Morgan fingerprint density at radius 1 is 0.612 bits per heavy atom. The van der Waals surface area contributed by atoms with Crippen LogP contribution in [0.4, 0.5) is 0 Å². The number of carbonyl (C=O) groups is 2. The van der Waals surface area contributed by atoms with E-state index in [4.69, 9.17) is 14.2 Å². The van der Waals surface area contributed by atoms with E-state index in [2.05, 4.69) is 62.5 Å². The van der Waals surface area contributed by atoms with Crippen molar-refractivity contribution < 1.29 is 49.3 Å². The number of amides is 1. The third-order valence-corrected chi connectivity index (χ3v) is 12.2. The van der Waals surface area contributed by atoms with Crippen molar-refractivity contribution in [3.05, 3.63) is 72.9 Å². The van der Waals surface area contributed by atoms with E-state index < -0.39 is 67.4 Å². The molecule has 1 saturated heterocycles. The molecule has 11 nitrogen and oxygen atoms in total. The highest BCUT2D eigenvalue weighted by Gasteiger charge is 2.47. The van der Waals surface area contributed by atoms with Crippen LogP contribution in [0.15, 0.2) is 72.9 Å². The van der Waals surface area contributed by atoms with Gasteiger partial charge in [-0.1, -0.05) is 203 Å². The first kappa shape index (κ1) is 62.1. The Morgan fingerprint density at radius 2 is 1.15 bits per heavy atom. The molecule has 1 amide bonds. The molecule has 1 aliphatic heterocycles. The largest absolute Gasteiger partial charge is 0.454 e. The Morgan fingerprint density at radius 3 is 1.76 bits per heavy atom. The van der Waals surface area contributed by atoms with Gasteiger partial charge in [0.1, 0.15) is 24.4 Å². The van der Waals surface area contributed by atoms with E-state index in [9.17, 15) is 35.1 Å². The van der Waals surface area contributed by atoms with Gasteiger partial charge >= 0.3 is 5.97 Å². The van der Waals surface area contributed by atoms with E-state index in [-0.39, 0.29) is 19.4 Å². The number of hydrogen-bond donors (Lipinski definition) is 6. The van der Waals surface area contributed by atoms with E-state index >= 15 is 0 Å². The summed E-state index contributed by atoms with van der Waals surface area (Å²) in [4.78, 5) is 26.3. The first-order valence-electron chi connectivity index (χ1n) is 26.7. The molecule has 1 heterocycles. The van der Waals surface area contributed by atoms with E-state index in [0.717, 1.165) is 103 Å². The van der Waals surface area contributed by atoms with Crippen LogP contribution in [0.1, 0.15) is 207 Å². The van der Waals surface area contributed by atoms with Crippen LogP contribution in [0.2, 0.25) is 0 Å². The molecule has 0 aromatic carbocycles. The fourth-order valence-corrected chi connectivity index (χ4v) is 7.92. The number of ether oxygens (including phenoxy) is 3. The number of esters is 1. The summed E-state index contributed by atoms with van der Waals surface area (Å²) in [5.41, 5.74) is 0. The zero-order chi connectivity index (χ0) is 49.0. The van der Waals surface area contributed by atoms with Gasteiger partial charge in [0, 0.05) is 6.42 Å². The first-order valence-corrected chi connectivity index (χ1v) is 26.7. The van der Waals surface area contributed by atoms with Crippen molar-refractivity contribution in [1.82, 2.24) is 5.32 Å². The second kappa shape index (κ2) is 44.3. The van der Waals surface area contributed by atoms with Gasteiger partial charge in [-0.05, 0) is 70.6 Å². The Balaban J connectivity index is 2.79. The van der Waals surface area contributed by atoms with Crippen LogP contribution in [0.3, 0.4) is 0 Å². The molecule has 1 aliphatic rings. The topological polar surface area (TPSA) is 175 Å². The van der Waals surface area contributed by atoms with E-state index in [1.165, 1.54) is 57.8 Å². The van der Waals surface area contributed by atoms with Gasteiger partial charge in [0.15, 0.2) is 12.4 Å². The van der Waals surface area contributed by atoms with Crippen LogP contribution < -0.4 is 5.32 Å². The molecular weight excluding hydrogens is 847 g/mol. The number of rotatable bonds is 43. The lowest BCUT2D eigenvalue weighted by molar-refractivity contribution is -0.305. The predicted octanol–water partition coefficient (Wildman–Crippen LogP) is 11.3. The van der Waals surface area contributed by atoms with E-state index in [1.807, 2.05) is 30.4 Å². The second-order valence-electron chi connectivity index (χ2n) is 18.3. The van der Waals surface area contributed by atoms with Gasteiger partial charge in [0.2, 0.25) is 5.91 Å². The third kappa shape index (κ3) is 33.3. The lowest BCUT2D eigenvalue weighted by atomic mass is 9.99. The molecule has 0 radical (unpaired) electrons. The van der Waals surface area contributed by atoms with Gasteiger partial charge in [-0.2, -0.15) is 0 Å². The van der Waals surface area contributed by atoms with Crippen LogP contribution >= 0.6 is 0 Å². The highest BCUT2D eigenvalue weighted by Crippen LogP contribution is 2.26. The molecule has 8 atom stereocenters. The molecule has 1 rings (SSSR count). The lowest BCUT2D eigenvalue weighted by Gasteiger charge is -2.41. The average molecular weight is 944 g/mol. The normalized spacial score (nSPS) is 20.6. The Bertz CT molecular complexity index is 1360. The molecule has 8 unspecified atom stereocenters. The van der Waals surface area contributed by atoms with Crippen LogP contribution in [0.5, 0.6) is 0 Å². The number of aliphatic hydroxyl groups excluding tert-OH is 5. The van der Waals surface area contributed by atoms with Gasteiger partial charge in [0.05, 0.1) is 25.4 Å². The maximum atomic E-state index is 13.3. The number of carbonyl (C=O) groups excluding carboxylic acids is 2. The summed E-state index contributed by atoms with van der Waals surface area (Å²) in [6.07, 6.45) is 43.8. The molecule has 0 aromatic rings. The van der Waals surface area contributed by atoms with Gasteiger partial charge in [-0.15, -0.1) is 0 Å². The third-order valence-electron chi connectivity index (χ3n) is 12.2. The summed E-state index contributed by atoms with van der Waals surface area (Å²) in [7, 11) is 0. The molecule has 67 heavy (non-hydrogen) atoms. The SMILES string of the molecule is CC/C=C/C=C/C=C\CCCCCCC(O)C(=O)NC(COC1OC(CO)C(O)C(O)C1OC(=O)CCCCCCCCC/C=C/C/C=C/CC)C(O)/C=C/CCCCCCCCCCCC. The summed E-state index contributed by atoms with van der Waals surface area (Å²) >= 11 is 0. The standard InChI is InChI=1S/C56H97NO10/c1-4-7-10-13-16-19-22-25-26-29-32-35-38-41-44-51(61)67-54-53(63)52(62)50(45-58)66-56(54)65-46-47(48(59)42-39-36-33-30-27-23-20-17-14-11-8-5-2)57-55(64)49(60)43-40-37-34-31-28-24-21-18-15-12-9-6-3/h7,9-10,12,15-16,18-19,21,24,39,42,47-50,52-54,56,58-60,62-63H,4-6,8,11,13-14,17,20,22-23,25-38,40-41,43-46H2,1-3H3,(H,57,64)/b10-7+,12-9+,18-15+,19-16+,24-21-,42-39+. The zero-order valence-electron chi connectivity index (χ0n) is 42.2. The minimum atomic E-state index is -1.62. The number of hydrogen-bond acceptors (Lipinski definition) is 10. The molecular formula is C56H97NO10. The summed E-state index contributed by atoms with van der Waals surface area (Å²) in [5.74, 6) is -1.23. The van der Waals surface area contributed by atoms with E-state index in [0.29, 0.717) is 12.8 Å². The fraction of sp³-hybridized carbons (Fsp3) is 0.750. The number of nitrogens with one attached hydrogen (secondary N) is 1. The minimum Gasteiger partial charge on any atom is -0.454 e. The van der Waals surface area contributed by atoms with Crippen molar-refractivity contribution in [2.24, 2.45) is 0 Å². The summed E-state index contributed by atoms with van der Waals surface area (Å²) < 4.78 is 17.5. The van der Waals surface area contributed by atoms with Crippen LogP contribution in [-0.4, -0.2) is 99.6 Å². The van der Waals surface area contributed by atoms with Crippen molar-refractivity contribution in [1.29, 1.82) is 0 Å². The molecule has 11 heteroatoms. The highest BCUT2D eigenvalue weighted by atomic mass is 16.7. The van der Waals surface area contributed by atoms with Crippen molar-refractivity contribution in [2.75, 3.05) is 13.2 Å². The Kier molecular flexibility index (Phi) is 41.1. The maximum Gasteiger partial charge on any atom is 0.306 e. The summed E-state index contributed by atoms with van der Waals surface area (Å²) in [5, 5.41) is 56.6. The second-order valence-corrected chi connectivity index (χ2v) is 18.3. The fourth-order valence-electron chi connectivity index (χ4n) is 7.92. The van der Waals surface area contributed by atoms with Crippen LogP contribution in [0, 0.1) is 0 Å². The Labute approximate surface area is 407 Å². The summed E-state index contributed by atoms with van der Waals surface area (Å²) in [6, 6.07) is -1.04. The first-order chi connectivity index (χ1) is 32.7. The van der Waals surface area contributed by atoms with Gasteiger partial charge in [-0.25, -0.2) is 0 Å². The van der Waals surface area contributed by atoms with Gasteiger partial charge < -0.3 is 45.1 Å². The minimum absolute atomic E-state index is 0.109. The van der Waals surface area contributed by atoms with Gasteiger partial charge in [0.25, 0.3) is 0 Å². The van der Waals surface area contributed by atoms with Crippen molar-refractivity contribution in [2.45, 2.75) is 256 Å². The van der Waals surface area contributed by atoms with Crippen LogP contribution in [0.25, 0.3) is 0 Å². The van der Waals surface area contributed by atoms with Gasteiger partial charge in [-0.3, -0.25) is 9.59 Å². The highest BCUT2D eigenvalue weighted by molar-refractivity contribution is 5.80. The molecule has 0 saturated carbocycles. The molecule has 0 bridgehead atoms. The monoisotopic (exact) mass is 944 g/mol. The number of allylic oxidation sites excluding steroid dienone is 11. The maximum absolute atomic E-state index is 13.3. The smallest absolute Gasteiger partial charge is 0.306 e. The Hall–Kier alpha value is -2.90. The molecule has 0 spiro atoms.